The zero-order chi connectivity index (χ0) is 20.6. The first-order chi connectivity index (χ1) is 14.3. The normalized spacial score (nSPS) is 11.4. The number of benzene rings is 1. The van der Waals surface area contributed by atoms with Gasteiger partial charge in [0.25, 0.3) is 0 Å². The lowest BCUT2D eigenvalue weighted by atomic mass is 10.2. The van der Waals surface area contributed by atoms with Crippen LogP contribution in [0.4, 0.5) is 0 Å². The Labute approximate surface area is 173 Å². The summed E-state index contributed by atoms with van der Waals surface area (Å²) in [7, 11) is 1.66. The van der Waals surface area contributed by atoms with Crippen molar-refractivity contribution in [2.45, 2.75) is 26.4 Å². The predicted octanol–water partition coefficient (Wildman–Crippen LogP) is 3.01. The molecule has 0 spiro atoms. The summed E-state index contributed by atoms with van der Waals surface area (Å²) >= 11 is 0. The maximum atomic E-state index is 5.74. The number of methoxy groups -OCH3 is 1. The van der Waals surface area contributed by atoms with Crippen LogP contribution in [0, 0.1) is 0 Å². The summed E-state index contributed by atoms with van der Waals surface area (Å²) in [6.45, 7) is 6.75. The summed E-state index contributed by atoms with van der Waals surface area (Å²) in [5.74, 6) is 2.58. The summed E-state index contributed by atoms with van der Waals surface area (Å²) in [5.41, 5.74) is 1.12. The monoisotopic (exact) mass is 403 g/mol. The summed E-state index contributed by atoms with van der Waals surface area (Å²) in [6, 6.07) is 11.8. The standard InChI is InChI=1S/C22H33N3O4/c1-3-27-15-5-12-23-22(24-13-11-21-6-4-16-29-21)25-14-17-28-18-19-7-9-20(26-2)10-8-19/h4,6-10,16H,3,5,11-15,17-18H2,1-2H3,(H2,23,24,25). The summed E-state index contributed by atoms with van der Waals surface area (Å²) in [4.78, 5) is 4.60. The van der Waals surface area contributed by atoms with Gasteiger partial charge in [0.2, 0.25) is 0 Å². The topological polar surface area (TPSA) is 77.2 Å². The van der Waals surface area contributed by atoms with E-state index in [4.69, 9.17) is 18.6 Å². The zero-order valence-corrected chi connectivity index (χ0v) is 17.5. The van der Waals surface area contributed by atoms with Crippen LogP contribution in [-0.2, 0) is 22.5 Å². The Balaban J connectivity index is 1.67. The van der Waals surface area contributed by atoms with Gasteiger partial charge in [0, 0.05) is 39.3 Å². The van der Waals surface area contributed by atoms with E-state index in [1.54, 1.807) is 13.4 Å². The van der Waals surface area contributed by atoms with Gasteiger partial charge in [-0.1, -0.05) is 12.1 Å². The predicted molar refractivity (Wildman–Crippen MR) is 114 cm³/mol. The van der Waals surface area contributed by atoms with E-state index in [1.807, 2.05) is 43.3 Å². The highest BCUT2D eigenvalue weighted by molar-refractivity contribution is 5.79. The van der Waals surface area contributed by atoms with Gasteiger partial charge in [-0.15, -0.1) is 0 Å². The fourth-order valence-corrected chi connectivity index (χ4v) is 2.59. The lowest BCUT2D eigenvalue weighted by Gasteiger charge is -2.13. The van der Waals surface area contributed by atoms with Crippen molar-refractivity contribution in [3.05, 3.63) is 54.0 Å². The molecule has 2 N–H and O–H groups in total. The average Bonchev–Trinajstić information content (AvgIpc) is 3.27. The van der Waals surface area contributed by atoms with Gasteiger partial charge >= 0.3 is 0 Å². The molecule has 1 aromatic carbocycles. The molecule has 1 heterocycles. The third-order valence-electron chi connectivity index (χ3n) is 4.13. The summed E-state index contributed by atoms with van der Waals surface area (Å²) in [5, 5.41) is 6.66. The zero-order valence-electron chi connectivity index (χ0n) is 17.5. The Morgan fingerprint density at radius 1 is 1.03 bits per heavy atom. The molecular weight excluding hydrogens is 370 g/mol. The average molecular weight is 404 g/mol. The molecule has 2 rings (SSSR count). The second-order valence-electron chi connectivity index (χ2n) is 6.36. The van der Waals surface area contributed by atoms with Crippen LogP contribution in [-0.4, -0.2) is 52.5 Å². The number of nitrogens with one attached hydrogen (secondary N) is 2. The van der Waals surface area contributed by atoms with Gasteiger partial charge in [0.05, 0.1) is 26.6 Å². The minimum Gasteiger partial charge on any atom is -0.497 e. The number of ether oxygens (including phenoxy) is 3. The fraction of sp³-hybridized carbons (Fsp3) is 0.500. The molecule has 0 saturated heterocycles. The highest BCUT2D eigenvalue weighted by Gasteiger charge is 2.01. The minimum atomic E-state index is 0.568. The Morgan fingerprint density at radius 3 is 2.59 bits per heavy atom. The first-order valence-electron chi connectivity index (χ1n) is 10.1. The van der Waals surface area contributed by atoms with E-state index < -0.39 is 0 Å². The third-order valence-corrected chi connectivity index (χ3v) is 4.13. The number of guanidine groups is 1. The van der Waals surface area contributed by atoms with Crippen molar-refractivity contribution >= 4 is 5.96 Å². The number of hydrogen-bond acceptors (Lipinski definition) is 5. The van der Waals surface area contributed by atoms with Crippen LogP contribution in [0.15, 0.2) is 52.1 Å². The molecule has 0 aliphatic rings. The van der Waals surface area contributed by atoms with Gasteiger partial charge in [-0.05, 0) is 43.2 Å². The molecule has 2 aromatic rings. The molecule has 0 aliphatic heterocycles. The lowest BCUT2D eigenvalue weighted by Crippen LogP contribution is -2.40. The van der Waals surface area contributed by atoms with Crippen LogP contribution in [0.5, 0.6) is 5.75 Å². The van der Waals surface area contributed by atoms with Crippen molar-refractivity contribution in [2.75, 3.05) is 46.6 Å². The summed E-state index contributed by atoms with van der Waals surface area (Å²) < 4.78 is 21.6. The number of hydrogen-bond donors (Lipinski definition) is 2. The van der Waals surface area contributed by atoms with Gasteiger partial charge < -0.3 is 29.3 Å². The van der Waals surface area contributed by atoms with E-state index in [0.717, 1.165) is 55.6 Å². The Kier molecular flexibility index (Phi) is 11.4. The fourth-order valence-electron chi connectivity index (χ4n) is 2.59. The Bertz CT molecular complexity index is 672. The van der Waals surface area contributed by atoms with Gasteiger partial charge in [-0.25, -0.2) is 0 Å². The Morgan fingerprint density at radius 2 is 1.86 bits per heavy atom. The lowest BCUT2D eigenvalue weighted by molar-refractivity contribution is 0.125. The summed E-state index contributed by atoms with van der Waals surface area (Å²) in [6.07, 6.45) is 3.39. The molecule has 0 unspecified atom stereocenters. The maximum Gasteiger partial charge on any atom is 0.191 e. The Hall–Kier alpha value is -2.51. The number of nitrogens with zero attached hydrogens (tertiary/aromatic N) is 1. The molecule has 0 bridgehead atoms. The number of furan rings is 1. The molecule has 7 nitrogen and oxygen atoms in total. The van der Waals surface area contributed by atoms with E-state index >= 15 is 0 Å². The van der Waals surface area contributed by atoms with Crippen LogP contribution in [0.3, 0.4) is 0 Å². The second kappa shape index (κ2) is 14.5. The third kappa shape index (κ3) is 10.0. The highest BCUT2D eigenvalue weighted by atomic mass is 16.5. The van der Waals surface area contributed by atoms with Gasteiger partial charge in [0.15, 0.2) is 5.96 Å². The van der Waals surface area contributed by atoms with Gasteiger partial charge in [0.1, 0.15) is 11.5 Å². The molecule has 0 atom stereocenters. The molecule has 7 heteroatoms. The molecule has 0 aliphatic carbocycles. The first-order valence-corrected chi connectivity index (χ1v) is 10.1. The SMILES string of the molecule is CCOCCCN=C(NCCOCc1ccc(OC)cc1)NCCc1ccco1. The van der Waals surface area contributed by atoms with Crippen molar-refractivity contribution in [1.82, 2.24) is 10.6 Å². The van der Waals surface area contributed by atoms with Gasteiger partial charge in [-0.3, -0.25) is 4.99 Å². The molecule has 0 radical (unpaired) electrons. The van der Waals surface area contributed by atoms with E-state index in [2.05, 4.69) is 15.6 Å². The number of aliphatic imine (C=N–C) groups is 1. The van der Waals surface area contributed by atoms with Crippen LogP contribution in [0.2, 0.25) is 0 Å². The molecule has 0 fully saturated rings. The van der Waals surface area contributed by atoms with E-state index in [-0.39, 0.29) is 0 Å². The molecule has 29 heavy (non-hydrogen) atoms. The van der Waals surface area contributed by atoms with Crippen molar-refractivity contribution in [3.8, 4) is 5.75 Å². The smallest absolute Gasteiger partial charge is 0.191 e. The van der Waals surface area contributed by atoms with Crippen LogP contribution in [0.25, 0.3) is 0 Å². The molecule has 0 saturated carbocycles. The highest BCUT2D eigenvalue weighted by Crippen LogP contribution is 2.11. The second-order valence-corrected chi connectivity index (χ2v) is 6.36. The van der Waals surface area contributed by atoms with Crippen LogP contribution >= 0.6 is 0 Å². The number of rotatable bonds is 14. The maximum absolute atomic E-state index is 5.74. The molecule has 1 aromatic heterocycles. The van der Waals surface area contributed by atoms with E-state index in [0.29, 0.717) is 26.3 Å². The van der Waals surface area contributed by atoms with Gasteiger partial charge in [-0.2, -0.15) is 0 Å². The van der Waals surface area contributed by atoms with Crippen LogP contribution < -0.4 is 15.4 Å². The van der Waals surface area contributed by atoms with Crippen LogP contribution in [0.1, 0.15) is 24.7 Å². The van der Waals surface area contributed by atoms with Crippen molar-refractivity contribution < 1.29 is 18.6 Å². The van der Waals surface area contributed by atoms with Crippen molar-refractivity contribution in [3.63, 3.8) is 0 Å². The van der Waals surface area contributed by atoms with E-state index in [1.165, 1.54) is 0 Å². The molecule has 0 amide bonds. The first kappa shape index (κ1) is 22.8. The quantitative estimate of drug-likeness (QED) is 0.287. The molecular formula is C22H33N3O4. The minimum absolute atomic E-state index is 0.568. The van der Waals surface area contributed by atoms with Crippen molar-refractivity contribution in [2.24, 2.45) is 4.99 Å². The van der Waals surface area contributed by atoms with Crippen molar-refractivity contribution in [1.29, 1.82) is 0 Å². The molecule has 160 valence electrons. The van der Waals surface area contributed by atoms with E-state index in [9.17, 15) is 0 Å². The largest absolute Gasteiger partial charge is 0.497 e.